The van der Waals surface area contributed by atoms with Gasteiger partial charge in [-0.15, -0.1) is 11.3 Å². The van der Waals surface area contributed by atoms with Gasteiger partial charge < -0.3 is 20.1 Å². The molecule has 3 amide bonds. The number of amides is 3. The van der Waals surface area contributed by atoms with Crippen molar-refractivity contribution in [2.24, 2.45) is 0 Å². The van der Waals surface area contributed by atoms with Crippen molar-refractivity contribution in [1.29, 1.82) is 0 Å². The lowest BCUT2D eigenvalue weighted by Gasteiger charge is -2.20. The number of carbonyl (C=O) groups is 3. The second-order valence-corrected chi connectivity index (χ2v) is 8.92. The Hall–Kier alpha value is -3.85. The molecule has 1 heterocycles. The highest BCUT2D eigenvalue weighted by Gasteiger charge is 2.19. The van der Waals surface area contributed by atoms with E-state index in [1.54, 1.807) is 80.7 Å². The van der Waals surface area contributed by atoms with E-state index in [2.05, 4.69) is 16.0 Å². The minimum atomic E-state index is -0.666. The van der Waals surface area contributed by atoms with Crippen LogP contribution in [0.2, 0.25) is 0 Å². The fourth-order valence-corrected chi connectivity index (χ4v) is 3.50. The molecule has 0 aliphatic heterocycles. The molecule has 0 spiro atoms. The molecule has 0 aliphatic rings. The molecule has 0 radical (unpaired) electrons. The summed E-state index contributed by atoms with van der Waals surface area (Å²) in [6.07, 6.45) is -0.647. The minimum absolute atomic E-state index is 0.292. The van der Waals surface area contributed by atoms with Crippen molar-refractivity contribution in [1.82, 2.24) is 0 Å². The normalized spacial score (nSPS) is 10.8. The van der Waals surface area contributed by atoms with Gasteiger partial charge in [-0.1, -0.05) is 18.2 Å². The van der Waals surface area contributed by atoms with Gasteiger partial charge in [-0.2, -0.15) is 0 Å². The number of hydrogen-bond acceptors (Lipinski definition) is 6. The van der Waals surface area contributed by atoms with E-state index in [0.717, 1.165) is 0 Å². The van der Waals surface area contributed by atoms with Crippen molar-refractivity contribution in [3.63, 3.8) is 0 Å². The van der Waals surface area contributed by atoms with Crippen LogP contribution in [0, 0.1) is 0 Å². The van der Waals surface area contributed by atoms with Crippen LogP contribution in [0.3, 0.4) is 0 Å². The number of benzene rings is 2. The second-order valence-electron chi connectivity index (χ2n) is 7.97. The molecule has 1 aromatic heterocycles. The van der Waals surface area contributed by atoms with E-state index in [4.69, 9.17) is 9.47 Å². The number of carbonyl (C=O) groups excluding carboxylic acids is 3. The van der Waals surface area contributed by atoms with Crippen LogP contribution in [0.15, 0.2) is 60.0 Å². The van der Waals surface area contributed by atoms with E-state index < -0.39 is 17.6 Å². The third-order valence-electron chi connectivity index (χ3n) is 4.26. The monoisotopic (exact) mass is 467 g/mol. The zero-order valence-electron chi connectivity index (χ0n) is 18.7. The molecule has 0 atom stereocenters. The molecule has 9 heteroatoms. The largest absolute Gasteiger partial charge is 0.495 e. The maximum Gasteiger partial charge on any atom is 0.412 e. The quantitative estimate of drug-likeness (QED) is 0.437. The Morgan fingerprint density at radius 2 is 1.61 bits per heavy atom. The smallest absolute Gasteiger partial charge is 0.412 e. The predicted octanol–water partition coefficient (Wildman–Crippen LogP) is 5.61. The molecule has 0 bridgehead atoms. The highest BCUT2D eigenvalue weighted by molar-refractivity contribution is 7.12. The third-order valence-corrected chi connectivity index (χ3v) is 5.13. The molecule has 2 aromatic carbocycles. The highest BCUT2D eigenvalue weighted by Crippen LogP contribution is 2.29. The van der Waals surface area contributed by atoms with Crippen molar-refractivity contribution in [3.8, 4) is 5.75 Å². The van der Waals surface area contributed by atoms with Crippen molar-refractivity contribution in [2.75, 3.05) is 23.1 Å². The van der Waals surface area contributed by atoms with Crippen LogP contribution in [0.1, 0.15) is 40.8 Å². The number of thiophene rings is 1. The number of anilines is 3. The van der Waals surface area contributed by atoms with Gasteiger partial charge in [0.2, 0.25) is 0 Å². The summed E-state index contributed by atoms with van der Waals surface area (Å²) in [5, 5.41) is 10.00. The Morgan fingerprint density at radius 1 is 0.848 bits per heavy atom. The van der Waals surface area contributed by atoms with Crippen molar-refractivity contribution < 1.29 is 23.9 Å². The van der Waals surface area contributed by atoms with Crippen LogP contribution in [0.4, 0.5) is 21.9 Å². The Bertz CT molecular complexity index is 1150. The summed E-state index contributed by atoms with van der Waals surface area (Å²) >= 11 is 1.31. The highest BCUT2D eigenvalue weighted by atomic mass is 32.1. The lowest BCUT2D eigenvalue weighted by molar-refractivity contribution is 0.0635. The molecule has 0 fully saturated rings. The summed E-state index contributed by atoms with van der Waals surface area (Å²) in [6.45, 7) is 5.28. The first-order chi connectivity index (χ1) is 15.7. The van der Waals surface area contributed by atoms with Gasteiger partial charge in [0.05, 0.1) is 28.9 Å². The molecule has 3 N–H and O–H groups in total. The summed E-state index contributed by atoms with van der Waals surface area (Å²) < 4.78 is 10.6. The van der Waals surface area contributed by atoms with E-state index >= 15 is 0 Å². The van der Waals surface area contributed by atoms with Crippen LogP contribution in [-0.2, 0) is 4.74 Å². The molecule has 0 saturated carbocycles. The zero-order chi connectivity index (χ0) is 24.0. The van der Waals surface area contributed by atoms with Crippen molar-refractivity contribution in [2.45, 2.75) is 26.4 Å². The first kappa shape index (κ1) is 23.8. The van der Waals surface area contributed by atoms with E-state index in [1.807, 2.05) is 0 Å². The topological polar surface area (TPSA) is 106 Å². The number of ether oxygens (including phenoxy) is 2. The van der Waals surface area contributed by atoms with Crippen LogP contribution in [0.5, 0.6) is 5.75 Å². The lowest BCUT2D eigenvalue weighted by Crippen LogP contribution is -2.27. The molecule has 172 valence electrons. The van der Waals surface area contributed by atoms with E-state index in [0.29, 0.717) is 33.3 Å². The number of nitrogens with one attached hydrogen (secondary N) is 3. The summed E-state index contributed by atoms with van der Waals surface area (Å²) in [4.78, 5) is 38.1. The minimum Gasteiger partial charge on any atom is -0.495 e. The molecular formula is C24H25N3O5S. The van der Waals surface area contributed by atoms with Crippen LogP contribution < -0.4 is 20.7 Å². The molecule has 3 aromatic rings. The molecule has 8 nitrogen and oxygen atoms in total. The summed E-state index contributed by atoms with van der Waals surface area (Å²) in [5.41, 5.74) is 0.768. The van der Waals surface area contributed by atoms with Gasteiger partial charge in [0.1, 0.15) is 11.4 Å². The number of hydrogen-bond donors (Lipinski definition) is 3. The summed E-state index contributed by atoms with van der Waals surface area (Å²) in [6, 6.07) is 15.0. The average Bonchev–Trinajstić information content (AvgIpc) is 3.28. The van der Waals surface area contributed by atoms with Gasteiger partial charge >= 0.3 is 6.09 Å². The van der Waals surface area contributed by atoms with Gasteiger partial charge in [-0.25, -0.2) is 4.79 Å². The van der Waals surface area contributed by atoms with Crippen LogP contribution in [-0.4, -0.2) is 30.6 Å². The standard InChI is InChI=1S/C24H25N3O5S/c1-24(2,3)32-23(30)27-18-14-15(11-12-19(18)31-4)25-21(28)16-8-5-6-9-17(16)26-22(29)20-10-7-13-33-20/h5-14H,1-4H3,(H,25,28)(H,26,29)(H,27,30). The van der Waals surface area contributed by atoms with Gasteiger partial charge in [0, 0.05) is 5.69 Å². The molecule has 3 rings (SSSR count). The Labute approximate surface area is 195 Å². The molecule has 0 saturated heterocycles. The fraction of sp³-hybridized carbons (Fsp3) is 0.208. The van der Waals surface area contributed by atoms with Crippen molar-refractivity contribution in [3.05, 3.63) is 70.4 Å². The Kier molecular flexibility index (Phi) is 7.34. The molecular weight excluding hydrogens is 442 g/mol. The second kappa shape index (κ2) is 10.2. The SMILES string of the molecule is COc1ccc(NC(=O)c2ccccc2NC(=O)c2cccs2)cc1NC(=O)OC(C)(C)C. The lowest BCUT2D eigenvalue weighted by atomic mass is 10.1. The first-order valence-electron chi connectivity index (χ1n) is 10.1. The predicted molar refractivity (Wildman–Crippen MR) is 130 cm³/mol. The molecule has 0 unspecified atom stereocenters. The van der Waals surface area contributed by atoms with E-state index in [-0.39, 0.29) is 5.91 Å². The summed E-state index contributed by atoms with van der Waals surface area (Å²) in [5.74, 6) is -0.313. The maximum absolute atomic E-state index is 13.0. The number of para-hydroxylation sites is 1. The summed E-state index contributed by atoms with van der Waals surface area (Å²) in [7, 11) is 1.47. The molecule has 33 heavy (non-hydrogen) atoms. The van der Waals surface area contributed by atoms with Crippen molar-refractivity contribution >= 4 is 46.3 Å². The zero-order valence-corrected chi connectivity index (χ0v) is 19.5. The number of rotatable bonds is 6. The Morgan fingerprint density at radius 3 is 2.27 bits per heavy atom. The first-order valence-corrected chi connectivity index (χ1v) is 11.0. The van der Waals surface area contributed by atoms with E-state index in [1.165, 1.54) is 18.4 Å². The van der Waals surface area contributed by atoms with Gasteiger partial charge in [-0.05, 0) is 62.5 Å². The van der Waals surface area contributed by atoms with Gasteiger partial charge in [0.25, 0.3) is 11.8 Å². The maximum atomic E-state index is 13.0. The average molecular weight is 468 g/mol. The van der Waals surface area contributed by atoms with Gasteiger partial charge in [0.15, 0.2) is 0 Å². The molecule has 0 aliphatic carbocycles. The Balaban J connectivity index is 1.78. The van der Waals surface area contributed by atoms with E-state index in [9.17, 15) is 14.4 Å². The van der Waals surface area contributed by atoms with Gasteiger partial charge in [-0.3, -0.25) is 14.9 Å². The number of methoxy groups -OCH3 is 1. The van der Waals surface area contributed by atoms with Crippen LogP contribution >= 0.6 is 11.3 Å². The fourth-order valence-electron chi connectivity index (χ4n) is 2.88. The third kappa shape index (κ3) is 6.56. The van der Waals surface area contributed by atoms with Crippen LogP contribution in [0.25, 0.3) is 0 Å².